The summed E-state index contributed by atoms with van der Waals surface area (Å²) in [4.78, 5) is 28.5. The molecular weight excluding hydrogens is 344 g/mol. The first-order valence-corrected chi connectivity index (χ1v) is 9.69. The predicted octanol–water partition coefficient (Wildman–Crippen LogP) is 3.58. The zero-order valence-corrected chi connectivity index (χ0v) is 16.3. The Morgan fingerprint density at radius 1 is 1.22 bits per heavy atom. The molecule has 0 aliphatic heterocycles. The van der Waals surface area contributed by atoms with Gasteiger partial charge >= 0.3 is 11.9 Å². The van der Waals surface area contributed by atoms with E-state index in [0.717, 1.165) is 23.9 Å². The van der Waals surface area contributed by atoms with Crippen molar-refractivity contribution in [3.8, 4) is 0 Å². The topological polar surface area (TPSA) is 70.4 Å². The third-order valence-corrected chi connectivity index (χ3v) is 5.42. The largest absolute Gasteiger partial charge is 0.460 e. The van der Waals surface area contributed by atoms with Crippen molar-refractivity contribution in [3.63, 3.8) is 0 Å². The van der Waals surface area contributed by atoms with Gasteiger partial charge in [-0.25, -0.2) is 9.78 Å². The number of carbonyl (C=O) groups is 2. The minimum absolute atomic E-state index is 0.0167. The first-order chi connectivity index (χ1) is 12.9. The van der Waals surface area contributed by atoms with Crippen molar-refractivity contribution in [2.24, 2.45) is 17.8 Å². The fourth-order valence-corrected chi connectivity index (χ4v) is 3.91. The highest BCUT2D eigenvalue weighted by atomic mass is 16.6. The molecule has 0 bridgehead atoms. The van der Waals surface area contributed by atoms with Crippen LogP contribution in [0.4, 0.5) is 0 Å². The van der Waals surface area contributed by atoms with Crippen LogP contribution in [0.5, 0.6) is 0 Å². The molecule has 27 heavy (non-hydrogen) atoms. The minimum atomic E-state index is -0.479. The fraction of sp³-hybridized carbons (Fsp3) is 0.571. The lowest BCUT2D eigenvalue weighted by Crippen LogP contribution is -2.37. The maximum Gasteiger partial charge on any atom is 0.344 e. The first kappa shape index (κ1) is 19.4. The Bertz CT molecular complexity index is 798. The van der Waals surface area contributed by atoms with E-state index in [9.17, 15) is 9.59 Å². The molecule has 146 valence electrons. The van der Waals surface area contributed by atoms with E-state index in [2.05, 4.69) is 25.8 Å². The summed E-state index contributed by atoms with van der Waals surface area (Å²) in [5.41, 5.74) is 1.67. The van der Waals surface area contributed by atoms with Gasteiger partial charge in [0.05, 0.1) is 17.4 Å². The van der Waals surface area contributed by atoms with E-state index in [1.807, 2.05) is 24.3 Å². The van der Waals surface area contributed by atoms with Crippen molar-refractivity contribution < 1.29 is 19.1 Å². The summed E-state index contributed by atoms with van der Waals surface area (Å²) in [5.74, 6) is 0.441. The second-order valence-electron chi connectivity index (χ2n) is 7.88. The molecule has 6 heteroatoms. The maximum atomic E-state index is 12.2. The number of esters is 2. The molecule has 0 spiro atoms. The van der Waals surface area contributed by atoms with E-state index in [0.29, 0.717) is 17.8 Å². The summed E-state index contributed by atoms with van der Waals surface area (Å²) in [6.07, 6.45) is 4.64. The lowest BCUT2D eigenvalue weighted by molar-refractivity contribution is -0.167. The smallest absolute Gasteiger partial charge is 0.344 e. The summed E-state index contributed by atoms with van der Waals surface area (Å²) in [5, 5.41) is 0. The maximum absolute atomic E-state index is 12.2. The molecule has 1 aromatic carbocycles. The average molecular weight is 372 g/mol. The Kier molecular flexibility index (Phi) is 6.14. The van der Waals surface area contributed by atoms with Gasteiger partial charge in [0.25, 0.3) is 0 Å². The SMILES string of the molecule is CC1CCC(C(C)C)C(OC(=O)COC(=O)Cn2cnc3ccccc32)C1. The van der Waals surface area contributed by atoms with E-state index >= 15 is 0 Å². The van der Waals surface area contributed by atoms with Crippen LogP contribution in [-0.4, -0.2) is 34.2 Å². The van der Waals surface area contributed by atoms with Crippen LogP contribution in [0.1, 0.15) is 40.0 Å². The van der Waals surface area contributed by atoms with E-state index in [1.54, 1.807) is 10.9 Å². The number of para-hydroxylation sites is 2. The fourth-order valence-electron chi connectivity index (χ4n) is 3.91. The summed E-state index contributed by atoms with van der Waals surface area (Å²) < 4.78 is 12.5. The van der Waals surface area contributed by atoms with Gasteiger partial charge < -0.3 is 14.0 Å². The third kappa shape index (κ3) is 4.87. The van der Waals surface area contributed by atoms with Gasteiger partial charge in [-0.1, -0.05) is 39.3 Å². The molecule has 0 N–H and O–H groups in total. The zero-order chi connectivity index (χ0) is 19.4. The van der Waals surface area contributed by atoms with Crippen molar-refractivity contribution in [2.75, 3.05) is 6.61 Å². The second kappa shape index (κ2) is 8.55. The lowest BCUT2D eigenvalue weighted by atomic mass is 9.75. The van der Waals surface area contributed by atoms with Crippen LogP contribution in [0.2, 0.25) is 0 Å². The molecule has 0 amide bonds. The van der Waals surface area contributed by atoms with Gasteiger partial charge in [-0.3, -0.25) is 4.79 Å². The number of hydrogen-bond donors (Lipinski definition) is 0. The number of hydrogen-bond acceptors (Lipinski definition) is 5. The Balaban J connectivity index is 1.50. The number of benzene rings is 1. The van der Waals surface area contributed by atoms with Gasteiger partial charge in [0.2, 0.25) is 0 Å². The molecule has 3 unspecified atom stereocenters. The van der Waals surface area contributed by atoms with Crippen molar-refractivity contribution in [3.05, 3.63) is 30.6 Å². The highest BCUT2D eigenvalue weighted by Crippen LogP contribution is 2.35. The van der Waals surface area contributed by atoms with E-state index in [4.69, 9.17) is 9.47 Å². The lowest BCUT2D eigenvalue weighted by Gasteiger charge is -2.36. The molecule has 3 rings (SSSR count). The summed E-state index contributed by atoms with van der Waals surface area (Å²) in [6, 6.07) is 7.55. The van der Waals surface area contributed by atoms with E-state index in [1.165, 1.54) is 6.42 Å². The van der Waals surface area contributed by atoms with Crippen LogP contribution in [-0.2, 0) is 25.6 Å². The van der Waals surface area contributed by atoms with Gasteiger partial charge in [0, 0.05) is 0 Å². The normalized spacial score (nSPS) is 22.7. The standard InChI is InChI=1S/C21H28N2O4/c1-14(2)16-9-8-15(3)10-19(16)27-21(25)12-26-20(24)11-23-13-22-17-6-4-5-7-18(17)23/h4-7,13-16,19H,8-12H2,1-3H3. The first-order valence-electron chi connectivity index (χ1n) is 9.69. The molecule has 1 aromatic heterocycles. The quantitative estimate of drug-likeness (QED) is 0.725. The molecule has 1 fully saturated rings. The van der Waals surface area contributed by atoms with Crippen molar-refractivity contribution in [1.29, 1.82) is 0 Å². The molecule has 0 radical (unpaired) electrons. The molecule has 0 saturated heterocycles. The number of nitrogens with zero attached hydrogens (tertiary/aromatic N) is 2. The summed E-state index contributed by atoms with van der Waals surface area (Å²) >= 11 is 0. The Hall–Kier alpha value is -2.37. The van der Waals surface area contributed by atoms with Gasteiger partial charge in [0.1, 0.15) is 12.6 Å². The van der Waals surface area contributed by atoms with Crippen LogP contribution in [0.15, 0.2) is 30.6 Å². The van der Waals surface area contributed by atoms with E-state index in [-0.39, 0.29) is 19.3 Å². The molecule has 1 aliphatic carbocycles. The average Bonchev–Trinajstić information content (AvgIpc) is 3.03. The van der Waals surface area contributed by atoms with Crippen LogP contribution in [0.3, 0.4) is 0 Å². The van der Waals surface area contributed by atoms with E-state index < -0.39 is 11.9 Å². The highest BCUT2D eigenvalue weighted by molar-refractivity contribution is 5.79. The molecule has 1 saturated carbocycles. The van der Waals surface area contributed by atoms with Crippen LogP contribution in [0.25, 0.3) is 11.0 Å². The number of aromatic nitrogens is 2. The van der Waals surface area contributed by atoms with Crippen LogP contribution in [0, 0.1) is 17.8 Å². The van der Waals surface area contributed by atoms with Gasteiger partial charge in [-0.05, 0) is 42.7 Å². The molecule has 3 atom stereocenters. The number of ether oxygens (including phenoxy) is 2. The van der Waals surface area contributed by atoms with Crippen LogP contribution < -0.4 is 0 Å². The Morgan fingerprint density at radius 2 is 2.00 bits per heavy atom. The Labute approximate surface area is 159 Å². The minimum Gasteiger partial charge on any atom is -0.460 e. The highest BCUT2D eigenvalue weighted by Gasteiger charge is 2.33. The molecule has 6 nitrogen and oxygen atoms in total. The Morgan fingerprint density at radius 3 is 2.78 bits per heavy atom. The second-order valence-corrected chi connectivity index (χ2v) is 7.88. The molecular formula is C21H28N2O4. The van der Waals surface area contributed by atoms with Crippen LogP contribution >= 0.6 is 0 Å². The number of rotatable bonds is 6. The van der Waals surface area contributed by atoms with Crippen molar-refractivity contribution in [2.45, 2.75) is 52.7 Å². The number of fused-ring (bicyclic) bond motifs is 1. The molecule has 1 aliphatic rings. The predicted molar refractivity (Wildman–Crippen MR) is 102 cm³/mol. The number of carbonyl (C=O) groups excluding carboxylic acids is 2. The summed E-state index contributed by atoms with van der Waals surface area (Å²) in [6.45, 7) is 6.19. The number of imidazole rings is 1. The molecule has 2 aromatic rings. The zero-order valence-electron chi connectivity index (χ0n) is 16.3. The molecule has 1 heterocycles. The third-order valence-electron chi connectivity index (χ3n) is 5.42. The van der Waals surface area contributed by atoms with Gasteiger partial charge in [0.15, 0.2) is 6.61 Å². The monoisotopic (exact) mass is 372 g/mol. The van der Waals surface area contributed by atoms with Gasteiger partial charge in [-0.15, -0.1) is 0 Å². The van der Waals surface area contributed by atoms with Gasteiger partial charge in [-0.2, -0.15) is 0 Å². The summed E-state index contributed by atoms with van der Waals surface area (Å²) in [7, 11) is 0. The van der Waals surface area contributed by atoms with Crippen molar-refractivity contribution in [1.82, 2.24) is 9.55 Å². The van der Waals surface area contributed by atoms with Crippen molar-refractivity contribution >= 4 is 23.0 Å².